The van der Waals surface area contributed by atoms with Crippen molar-refractivity contribution in [1.82, 2.24) is 9.80 Å². The molecule has 1 aromatic carbocycles. The lowest BCUT2D eigenvalue weighted by molar-refractivity contribution is -0.138. The van der Waals surface area contributed by atoms with Crippen molar-refractivity contribution in [3.05, 3.63) is 48.0 Å². The average molecular weight is 388 g/mol. The summed E-state index contributed by atoms with van der Waals surface area (Å²) in [6, 6.07) is 9.46. The van der Waals surface area contributed by atoms with Crippen molar-refractivity contribution < 1.29 is 18.0 Å². The monoisotopic (exact) mass is 388 g/mol. The normalized spacial score (nSPS) is 24.1. The molecule has 1 aliphatic carbocycles. The van der Waals surface area contributed by atoms with Gasteiger partial charge in [0, 0.05) is 38.4 Å². The van der Waals surface area contributed by atoms with Gasteiger partial charge in [0.15, 0.2) is 9.84 Å². The van der Waals surface area contributed by atoms with Crippen LogP contribution in [0, 0.1) is 5.92 Å². The topological polar surface area (TPSA) is 74.8 Å². The molecule has 2 heterocycles. The highest BCUT2D eigenvalue weighted by Crippen LogP contribution is 2.41. The highest BCUT2D eigenvalue weighted by molar-refractivity contribution is 7.93. The Morgan fingerprint density at radius 2 is 1.70 bits per heavy atom. The smallest absolute Gasteiger partial charge is 0.239 e. The fraction of sp³-hybridized carbons (Fsp3) is 0.500. The number of nitrogens with zero attached hydrogens (tertiary/aromatic N) is 2. The third-order valence-electron chi connectivity index (χ3n) is 6.08. The number of carbonyl (C=O) groups excluding carboxylic acids is 2. The summed E-state index contributed by atoms with van der Waals surface area (Å²) in [7, 11) is -3.57. The first-order chi connectivity index (χ1) is 12.9. The van der Waals surface area contributed by atoms with E-state index in [0.717, 1.165) is 18.4 Å². The molecule has 4 rings (SSSR count). The van der Waals surface area contributed by atoms with Crippen molar-refractivity contribution in [3.63, 3.8) is 0 Å². The first-order valence-electron chi connectivity index (χ1n) is 9.43. The van der Waals surface area contributed by atoms with E-state index in [2.05, 4.69) is 0 Å². The molecule has 2 aliphatic heterocycles. The Kier molecular flexibility index (Phi) is 4.58. The zero-order valence-electron chi connectivity index (χ0n) is 15.2. The van der Waals surface area contributed by atoms with Gasteiger partial charge in [-0.1, -0.05) is 42.5 Å². The lowest BCUT2D eigenvalue weighted by Gasteiger charge is -2.44. The summed E-state index contributed by atoms with van der Waals surface area (Å²) in [6.07, 6.45) is 6.15. The van der Waals surface area contributed by atoms with Crippen LogP contribution in [0.4, 0.5) is 0 Å². The second-order valence-corrected chi connectivity index (χ2v) is 9.91. The molecule has 0 unspecified atom stereocenters. The van der Waals surface area contributed by atoms with Crippen LogP contribution in [-0.4, -0.2) is 53.7 Å². The standard InChI is InChI=1S/C20H24N2O4S/c23-18-15-27(25,26)20(22(18)14-16-6-2-1-3-7-16)10-12-21(13-11-20)19(24)17-8-4-5-9-17/h1-7,17H,8-15H2. The summed E-state index contributed by atoms with van der Waals surface area (Å²) in [5.74, 6) is -0.675. The molecular formula is C20H24N2O4S. The molecule has 2 amide bonds. The molecule has 2 saturated heterocycles. The third-order valence-corrected chi connectivity index (χ3v) is 8.50. The summed E-state index contributed by atoms with van der Waals surface area (Å²) in [6.45, 7) is 1.06. The molecule has 0 N–H and O–H groups in total. The number of hydrogen-bond acceptors (Lipinski definition) is 4. The molecule has 0 saturated carbocycles. The minimum atomic E-state index is -3.57. The summed E-state index contributed by atoms with van der Waals surface area (Å²) >= 11 is 0. The maximum Gasteiger partial charge on any atom is 0.239 e. The van der Waals surface area contributed by atoms with Crippen LogP contribution < -0.4 is 0 Å². The van der Waals surface area contributed by atoms with Crippen LogP contribution >= 0.6 is 0 Å². The average Bonchev–Trinajstić information content (AvgIpc) is 3.25. The number of allylic oxidation sites excluding steroid dienone is 2. The highest BCUT2D eigenvalue weighted by atomic mass is 32.2. The van der Waals surface area contributed by atoms with E-state index < -0.39 is 20.5 Å². The fourth-order valence-corrected chi connectivity index (χ4v) is 6.56. The van der Waals surface area contributed by atoms with Crippen molar-refractivity contribution in [3.8, 4) is 0 Å². The van der Waals surface area contributed by atoms with Crippen molar-refractivity contribution in [1.29, 1.82) is 0 Å². The van der Waals surface area contributed by atoms with Crippen LogP contribution in [-0.2, 0) is 26.0 Å². The Morgan fingerprint density at radius 1 is 1.07 bits per heavy atom. The Morgan fingerprint density at radius 3 is 2.33 bits per heavy atom. The van der Waals surface area contributed by atoms with Gasteiger partial charge >= 0.3 is 0 Å². The van der Waals surface area contributed by atoms with Crippen molar-refractivity contribution in [2.24, 2.45) is 5.92 Å². The molecule has 144 valence electrons. The summed E-state index contributed by atoms with van der Waals surface area (Å²) in [4.78, 5) is 27.4. The maximum atomic E-state index is 12.9. The van der Waals surface area contributed by atoms with Gasteiger partial charge in [0.05, 0.1) is 0 Å². The zero-order valence-corrected chi connectivity index (χ0v) is 16.0. The molecule has 0 aromatic heterocycles. The molecule has 0 bridgehead atoms. The second-order valence-electron chi connectivity index (χ2n) is 7.64. The summed E-state index contributed by atoms with van der Waals surface area (Å²) < 4.78 is 25.8. The molecule has 0 radical (unpaired) electrons. The zero-order chi connectivity index (χ0) is 19.1. The van der Waals surface area contributed by atoms with E-state index in [-0.39, 0.29) is 17.7 Å². The minimum Gasteiger partial charge on any atom is -0.342 e. The first-order valence-corrected chi connectivity index (χ1v) is 11.1. The van der Waals surface area contributed by atoms with E-state index in [1.807, 2.05) is 42.5 Å². The minimum absolute atomic E-state index is 0.0127. The molecule has 1 spiro atoms. The maximum absolute atomic E-state index is 12.9. The Hall–Kier alpha value is -2.15. The number of sulfone groups is 1. The van der Waals surface area contributed by atoms with Crippen LogP contribution in [0.5, 0.6) is 0 Å². The van der Waals surface area contributed by atoms with Crippen LogP contribution in [0.15, 0.2) is 42.5 Å². The number of amides is 2. The van der Waals surface area contributed by atoms with Crippen LogP contribution in [0.3, 0.4) is 0 Å². The van der Waals surface area contributed by atoms with Crippen molar-refractivity contribution in [2.75, 3.05) is 18.8 Å². The number of benzene rings is 1. The Balaban J connectivity index is 1.54. The van der Waals surface area contributed by atoms with E-state index in [1.165, 1.54) is 4.90 Å². The van der Waals surface area contributed by atoms with E-state index in [4.69, 9.17) is 0 Å². The van der Waals surface area contributed by atoms with E-state index in [1.54, 1.807) is 4.90 Å². The number of likely N-dealkylation sites (tertiary alicyclic amines) is 1. The number of piperidine rings is 1. The van der Waals surface area contributed by atoms with Gasteiger partial charge in [-0.3, -0.25) is 9.59 Å². The second kappa shape index (κ2) is 6.78. The third kappa shape index (κ3) is 3.08. The highest BCUT2D eigenvalue weighted by Gasteiger charge is 2.58. The Labute approximate surface area is 159 Å². The number of carbonyl (C=O) groups is 2. The molecule has 0 atom stereocenters. The molecule has 3 aliphatic rings. The van der Waals surface area contributed by atoms with Gasteiger partial charge < -0.3 is 9.80 Å². The molecular weight excluding hydrogens is 364 g/mol. The van der Waals surface area contributed by atoms with Gasteiger partial charge in [0.25, 0.3) is 0 Å². The number of rotatable bonds is 3. The van der Waals surface area contributed by atoms with Gasteiger partial charge in [-0.05, 0) is 18.4 Å². The van der Waals surface area contributed by atoms with E-state index in [9.17, 15) is 18.0 Å². The van der Waals surface area contributed by atoms with Crippen LogP contribution in [0.2, 0.25) is 0 Å². The lowest BCUT2D eigenvalue weighted by atomic mass is 9.98. The molecule has 2 fully saturated rings. The predicted molar refractivity (Wildman–Crippen MR) is 101 cm³/mol. The predicted octanol–water partition coefficient (Wildman–Crippen LogP) is 1.73. The van der Waals surface area contributed by atoms with Gasteiger partial charge in [-0.15, -0.1) is 0 Å². The molecule has 6 nitrogen and oxygen atoms in total. The summed E-state index contributed by atoms with van der Waals surface area (Å²) in [5.41, 5.74) is 0.915. The van der Waals surface area contributed by atoms with Crippen LogP contribution in [0.25, 0.3) is 0 Å². The van der Waals surface area contributed by atoms with Gasteiger partial charge in [-0.25, -0.2) is 8.42 Å². The van der Waals surface area contributed by atoms with Gasteiger partial charge in [-0.2, -0.15) is 0 Å². The number of hydrogen-bond donors (Lipinski definition) is 0. The van der Waals surface area contributed by atoms with E-state index in [0.29, 0.717) is 32.5 Å². The van der Waals surface area contributed by atoms with Crippen molar-refractivity contribution in [2.45, 2.75) is 37.1 Å². The van der Waals surface area contributed by atoms with E-state index >= 15 is 0 Å². The first kappa shape index (κ1) is 18.2. The SMILES string of the molecule is O=C(C1CC=CC1)N1CCC2(CC1)N(Cc1ccccc1)C(=O)CS2(=O)=O. The Bertz CT molecular complexity index is 863. The largest absolute Gasteiger partial charge is 0.342 e. The molecule has 7 heteroatoms. The molecule has 27 heavy (non-hydrogen) atoms. The van der Waals surface area contributed by atoms with Gasteiger partial charge in [0.1, 0.15) is 10.6 Å². The van der Waals surface area contributed by atoms with Crippen molar-refractivity contribution >= 4 is 21.7 Å². The fourth-order valence-electron chi connectivity index (χ4n) is 4.50. The quantitative estimate of drug-likeness (QED) is 0.739. The van der Waals surface area contributed by atoms with Gasteiger partial charge in [0.2, 0.25) is 11.8 Å². The summed E-state index contributed by atoms with van der Waals surface area (Å²) in [5, 5.41) is 0. The van der Waals surface area contributed by atoms with Crippen LogP contribution in [0.1, 0.15) is 31.2 Å². The lowest BCUT2D eigenvalue weighted by Crippen LogP contribution is -2.57. The molecule has 1 aromatic rings.